The minimum Gasteiger partial charge on any atom is -0.377 e. The summed E-state index contributed by atoms with van der Waals surface area (Å²) in [5.41, 5.74) is 0.960. The quantitative estimate of drug-likeness (QED) is 0.810. The molecule has 1 saturated heterocycles. The Bertz CT molecular complexity index is 625. The van der Waals surface area contributed by atoms with E-state index in [-0.39, 0.29) is 6.10 Å². The van der Waals surface area contributed by atoms with Crippen LogP contribution in [0.1, 0.15) is 13.3 Å². The number of pyridine rings is 1. The van der Waals surface area contributed by atoms with E-state index in [0.717, 1.165) is 43.5 Å². The molecule has 0 spiro atoms. The molecule has 1 fully saturated rings. The Morgan fingerprint density at radius 1 is 1.45 bits per heavy atom. The van der Waals surface area contributed by atoms with Crippen molar-refractivity contribution in [1.29, 1.82) is 0 Å². The number of hydrogen-bond donors (Lipinski definition) is 0. The van der Waals surface area contributed by atoms with E-state index in [0.29, 0.717) is 6.54 Å². The van der Waals surface area contributed by atoms with Crippen LogP contribution in [0.5, 0.6) is 0 Å². The van der Waals surface area contributed by atoms with Crippen molar-refractivity contribution in [3.8, 4) is 11.4 Å². The average Bonchev–Trinajstić information content (AvgIpc) is 2.83. The summed E-state index contributed by atoms with van der Waals surface area (Å²) in [6.45, 7) is 9.15. The van der Waals surface area contributed by atoms with E-state index < -0.39 is 0 Å². The molecule has 6 nitrogen and oxygen atoms in total. The fraction of sp³-hybridized carbons (Fsp3) is 0.438. The lowest BCUT2D eigenvalue weighted by molar-refractivity contribution is 0.0819. The minimum absolute atomic E-state index is 0.193. The van der Waals surface area contributed by atoms with Gasteiger partial charge in [-0.25, -0.2) is 0 Å². The van der Waals surface area contributed by atoms with Crippen molar-refractivity contribution < 1.29 is 4.74 Å². The number of nitrogens with zero attached hydrogens (tertiary/aromatic N) is 5. The molecule has 22 heavy (non-hydrogen) atoms. The number of allylic oxidation sites excluding steroid dienone is 1. The Labute approximate surface area is 130 Å². The Morgan fingerprint density at radius 2 is 2.36 bits per heavy atom. The molecule has 3 heterocycles. The van der Waals surface area contributed by atoms with Gasteiger partial charge in [0.15, 0.2) is 5.82 Å². The van der Waals surface area contributed by atoms with E-state index in [1.54, 1.807) is 6.20 Å². The smallest absolute Gasteiger partial charge is 0.227 e. The molecule has 0 amide bonds. The van der Waals surface area contributed by atoms with Gasteiger partial charge in [-0.1, -0.05) is 6.08 Å². The second kappa shape index (κ2) is 6.70. The van der Waals surface area contributed by atoms with Crippen LogP contribution in [-0.4, -0.2) is 45.5 Å². The van der Waals surface area contributed by atoms with Crippen molar-refractivity contribution in [1.82, 2.24) is 19.7 Å². The van der Waals surface area contributed by atoms with Gasteiger partial charge in [0.2, 0.25) is 5.95 Å². The summed E-state index contributed by atoms with van der Waals surface area (Å²) in [5.74, 6) is 1.69. The van der Waals surface area contributed by atoms with E-state index in [2.05, 4.69) is 38.2 Å². The van der Waals surface area contributed by atoms with Crippen LogP contribution < -0.4 is 4.90 Å². The first-order valence-electron chi connectivity index (χ1n) is 7.60. The molecule has 1 aliphatic heterocycles. The lowest BCUT2D eigenvalue weighted by Gasteiger charge is -2.23. The number of aromatic nitrogens is 4. The predicted molar refractivity (Wildman–Crippen MR) is 85.7 cm³/mol. The summed E-state index contributed by atoms with van der Waals surface area (Å²) in [5, 5.41) is 8.80. The van der Waals surface area contributed by atoms with Crippen LogP contribution in [0.3, 0.4) is 0 Å². The molecule has 0 bridgehead atoms. The van der Waals surface area contributed by atoms with E-state index in [4.69, 9.17) is 4.74 Å². The molecule has 0 unspecified atom stereocenters. The topological polar surface area (TPSA) is 56.1 Å². The Hall–Kier alpha value is -2.21. The van der Waals surface area contributed by atoms with Crippen LogP contribution in [0.2, 0.25) is 0 Å². The van der Waals surface area contributed by atoms with Gasteiger partial charge in [0.1, 0.15) is 0 Å². The summed E-state index contributed by atoms with van der Waals surface area (Å²) in [7, 11) is 0. The highest BCUT2D eigenvalue weighted by Gasteiger charge is 2.22. The standard InChI is InChI=1S/C16H21N5O/c1-3-8-21-15(14-6-4-7-17-11-14)18-19-16(21)20-9-5-10-22-13(2)12-20/h3-4,6-7,11,13H,1,5,8-10,12H2,2H3/t13-/m0/s1. The van der Waals surface area contributed by atoms with Crippen LogP contribution in [-0.2, 0) is 11.3 Å². The maximum Gasteiger partial charge on any atom is 0.227 e. The summed E-state index contributed by atoms with van der Waals surface area (Å²) in [4.78, 5) is 6.41. The molecule has 0 aromatic carbocycles. The van der Waals surface area contributed by atoms with Crippen molar-refractivity contribution in [3.63, 3.8) is 0 Å². The van der Waals surface area contributed by atoms with E-state index in [1.165, 1.54) is 0 Å². The average molecular weight is 299 g/mol. The first-order chi connectivity index (χ1) is 10.8. The first-order valence-corrected chi connectivity index (χ1v) is 7.60. The molecule has 3 rings (SSSR count). The van der Waals surface area contributed by atoms with Gasteiger partial charge in [0.25, 0.3) is 0 Å². The van der Waals surface area contributed by atoms with Crippen molar-refractivity contribution in [2.45, 2.75) is 26.0 Å². The lowest BCUT2D eigenvalue weighted by atomic mass is 10.2. The summed E-state index contributed by atoms with van der Waals surface area (Å²) in [6.07, 6.45) is 6.62. The van der Waals surface area contributed by atoms with Gasteiger partial charge in [-0.3, -0.25) is 9.55 Å². The largest absolute Gasteiger partial charge is 0.377 e. The van der Waals surface area contributed by atoms with Gasteiger partial charge < -0.3 is 9.64 Å². The van der Waals surface area contributed by atoms with Crippen LogP contribution in [0.15, 0.2) is 37.2 Å². The second-order valence-electron chi connectivity index (χ2n) is 5.45. The van der Waals surface area contributed by atoms with Crippen LogP contribution in [0, 0.1) is 0 Å². The van der Waals surface area contributed by atoms with E-state index in [9.17, 15) is 0 Å². The maximum absolute atomic E-state index is 5.72. The molecule has 6 heteroatoms. The van der Waals surface area contributed by atoms with E-state index >= 15 is 0 Å². The van der Waals surface area contributed by atoms with Crippen LogP contribution in [0.25, 0.3) is 11.4 Å². The van der Waals surface area contributed by atoms with Crippen molar-refractivity contribution >= 4 is 5.95 Å². The zero-order chi connectivity index (χ0) is 15.4. The molecule has 1 atom stereocenters. The zero-order valence-corrected chi connectivity index (χ0v) is 12.9. The third-order valence-corrected chi connectivity index (χ3v) is 3.70. The van der Waals surface area contributed by atoms with Crippen LogP contribution in [0.4, 0.5) is 5.95 Å². The molecule has 0 N–H and O–H groups in total. The fourth-order valence-electron chi connectivity index (χ4n) is 2.71. The number of anilines is 1. The SMILES string of the molecule is C=CCn1c(-c2cccnc2)nnc1N1CCCO[C@@H](C)C1. The van der Waals surface area contributed by atoms with E-state index in [1.807, 2.05) is 24.4 Å². The molecular weight excluding hydrogens is 278 g/mol. The monoisotopic (exact) mass is 299 g/mol. The van der Waals surface area contributed by atoms with Gasteiger partial charge in [-0.05, 0) is 25.5 Å². The fourth-order valence-corrected chi connectivity index (χ4v) is 2.71. The normalized spacial score (nSPS) is 19.0. The predicted octanol–water partition coefficient (Wildman–Crippen LogP) is 2.14. The van der Waals surface area contributed by atoms with Crippen molar-refractivity contribution in [3.05, 3.63) is 37.2 Å². The number of hydrogen-bond acceptors (Lipinski definition) is 5. The zero-order valence-electron chi connectivity index (χ0n) is 12.9. The second-order valence-corrected chi connectivity index (χ2v) is 5.45. The number of ether oxygens (including phenoxy) is 1. The molecule has 2 aromatic rings. The van der Waals surface area contributed by atoms with Crippen LogP contribution >= 0.6 is 0 Å². The molecule has 116 valence electrons. The Morgan fingerprint density at radius 3 is 3.14 bits per heavy atom. The van der Waals surface area contributed by atoms with Gasteiger partial charge in [0.05, 0.1) is 6.10 Å². The minimum atomic E-state index is 0.193. The van der Waals surface area contributed by atoms with Gasteiger partial charge in [-0.2, -0.15) is 0 Å². The van der Waals surface area contributed by atoms with Crippen molar-refractivity contribution in [2.24, 2.45) is 0 Å². The maximum atomic E-state index is 5.72. The third kappa shape index (κ3) is 3.01. The third-order valence-electron chi connectivity index (χ3n) is 3.70. The first kappa shape index (κ1) is 14.7. The highest BCUT2D eigenvalue weighted by Crippen LogP contribution is 2.23. The Kier molecular flexibility index (Phi) is 4.48. The lowest BCUT2D eigenvalue weighted by Crippen LogP contribution is -2.32. The Balaban J connectivity index is 1.97. The summed E-state index contributed by atoms with van der Waals surface area (Å²) >= 11 is 0. The molecule has 0 aliphatic carbocycles. The van der Waals surface area contributed by atoms with Gasteiger partial charge in [0, 0.05) is 44.2 Å². The molecule has 2 aromatic heterocycles. The highest BCUT2D eigenvalue weighted by molar-refractivity contribution is 5.56. The molecule has 0 radical (unpaired) electrons. The molecular formula is C16H21N5O. The van der Waals surface area contributed by atoms with Gasteiger partial charge in [-0.15, -0.1) is 16.8 Å². The summed E-state index contributed by atoms with van der Waals surface area (Å²) < 4.78 is 7.80. The number of rotatable bonds is 4. The molecule has 1 aliphatic rings. The van der Waals surface area contributed by atoms with Crippen molar-refractivity contribution in [2.75, 3.05) is 24.6 Å². The highest BCUT2D eigenvalue weighted by atomic mass is 16.5. The summed E-state index contributed by atoms with van der Waals surface area (Å²) in [6, 6.07) is 3.90. The van der Waals surface area contributed by atoms with Gasteiger partial charge >= 0.3 is 0 Å². The molecule has 0 saturated carbocycles.